The summed E-state index contributed by atoms with van der Waals surface area (Å²) in [7, 11) is 0. The molecule has 22 heavy (non-hydrogen) atoms. The van der Waals surface area contributed by atoms with E-state index in [1.165, 1.54) is 0 Å². The number of aliphatic hydroxyl groups is 1. The van der Waals surface area contributed by atoms with Gasteiger partial charge >= 0.3 is 6.09 Å². The number of nitrogens with one attached hydrogen (secondary N) is 2. The van der Waals surface area contributed by atoms with Crippen LogP contribution in [0.5, 0.6) is 0 Å². The zero-order valence-electron chi connectivity index (χ0n) is 15.2. The average molecular weight is 314 g/mol. The molecule has 3 N–H and O–H groups in total. The maximum Gasteiger partial charge on any atom is 0.407 e. The summed E-state index contributed by atoms with van der Waals surface area (Å²) in [5.74, 6) is 0.533. The highest BCUT2D eigenvalue weighted by molar-refractivity contribution is 5.67. The predicted molar refractivity (Wildman–Crippen MR) is 88.8 cm³/mol. The monoisotopic (exact) mass is 314 g/mol. The number of hydrogen-bond acceptors (Lipinski definition) is 4. The summed E-state index contributed by atoms with van der Waals surface area (Å²) in [6.45, 7) is 14.6. The fourth-order valence-corrected chi connectivity index (χ4v) is 2.77. The number of carbonyl (C=O) groups is 1. The van der Waals surface area contributed by atoms with E-state index in [-0.39, 0.29) is 29.7 Å². The van der Waals surface area contributed by atoms with Crippen LogP contribution in [0.4, 0.5) is 4.79 Å². The molecule has 0 aromatic heterocycles. The first-order valence-electron chi connectivity index (χ1n) is 8.32. The van der Waals surface area contributed by atoms with E-state index in [1.807, 2.05) is 20.8 Å². The van der Waals surface area contributed by atoms with Gasteiger partial charge in [-0.1, -0.05) is 27.7 Å². The Bertz CT molecular complexity index is 375. The number of rotatable bonds is 6. The van der Waals surface area contributed by atoms with Crippen molar-refractivity contribution in [3.63, 3.8) is 0 Å². The molecule has 0 aliphatic heterocycles. The standard InChI is InChI=1S/C17H34N2O3/c1-11(2)8-12(10-18-15(21)22-16(3,4)5)19-13-9-14(20)17(13,6)7/h11-14,19-20H,8-10H2,1-7H3,(H,18,21). The Hall–Kier alpha value is -0.810. The van der Waals surface area contributed by atoms with Crippen molar-refractivity contribution in [2.24, 2.45) is 11.3 Å². The summed E-state index contributed by atoms with van der Waals surface area (Å²) >= 11 is 0. The Morgan fingerprint density at radius 1 is 1.36 bits per heavy atom. The molecule has 0 bridgehead atoms. The molecule has 5 heteroatoms. The number of ether oxygens (including phenoxy) is 1. The smallest absolute Gasteiger partial charge is 0.407 e. The lowest BCUT2D eigenvalue weighted by Gasteiger charge is -2.51. The zero-order valence-corrected chi connectivity index (χ0v) is 15.2. The largest absolute Gasteiger partial charge is 0.444 e. The third-order valence-corrected chi connectivity index (χ3v) is 4.30. The van der Waals surface area contributed by atoms with Gasteiger partial charge in [0.2, 0.25) is 0 Å². The minimum Gasteiger partial charge on any atom is -0.444 e. The van der Waals surface area contributed by atoms with Gasteiger partial charge < -0.3 is 20.5 Å². The molecule has 5 nitrogen and oxygen atoms in total. The van der Waals surface area contributed by atoms with Crippen LogP contribution in [0.3, 0.4) is 0 Å². The maximum absolute atomic E-state index is 11.8. The van der Waals surface area contributed by atoms with Gasteiger partial charge in [-0.15, -0.1) is 0 Å². The second-order valence-corrected chi connectivity index (χ2v) is 8.50. The van der Waals surface area contributed by atoms with Crippen molar-refractivity contribution in [3.05, 3.63) is 0 Å². The van der Waals surface area contributed by atoms with Gasteiger partial charge in [0, 0.05) is 24.0 Å². The second kappa shape index (κ2) is 7.18. The quantitative estimate of drug-likeness (QED) is 0.705. The number of alkyl carbamates (subject to hydrolysis) is 1. The fourth-order valence-electron chi connectivity index (χ4n) is 2.77. The number of amides is 1. The van der Waals surface area contributed by atoms with E-state index in [1.54, 1.807) is 0 Å². The highest BCUT2D eigenvalue weighted by Crippen LogP contribution is 2.40. The molecule has 1 saturated carbocycles. The highest BCUT2D eigenvalue weighted by atomic mass is 16.6. The third kappa shape index (κ3) is 5.76. The van der Waals surface area contributed by atoms with Crippen molar-refractivity contribution in [2.45, 2.75) is 85.1 Å². The molecule has 1 aliphatic rings. The molecule has 0 heterocycles. The molecular formula is C17H34N2O3. The molecule has 0 spiro atoms. The Morgan fingerprint density at radius 3 is 2.36 bits per heavy atom. The van der Waals surface area contributed by atoms with Crippen LogP contribution in [0.25, 0.3) is 0 Å². The summed E-state index contributed by atoms with van der Waals surface area (Å²) in [5, 5.41) is 16.3. The van der Waals surface area contributed by atoms with Crippen molar-refractivity contribution in [1.82, 2.24) is 10.6 Å². The average Bonchev–Trinajstić information content (AvgIpc) is 2.32. The molecular weight excluding hydrogens is 280 g/mol. The summed E-state index contributed by atoms with van der Waals surface area (Å²) in [6, 6.07) is 0.468. The van der Waals surface area contributed by atoms with E-state index in [0.29, 0.717) is 12.5 Å². The SMILES string of the molecule is CC(C)CC(CNC(=O)OC(C)(C)C)NC1CC(O)C1(C)C. The predicted octanol–water partition coefficient (Wildman–Crippen LogP) is 2.67. The third-order valence-electron chi connectivity index (χ3n) is 4.30. The van der Waals surface area contributed by atoms with Crippen molar-refractivity contribution in [1.29, 1.82) is 0 Å². The van der Waals surface area contributed by atoms with Crippen LogP contribution in [0.1, 0.15) is 61.3 Å². The topological polar surface area (TPSA) is 70.6 Å². The Labute approximate surface area is 135 Å². The first kappa shape index (κ1) is 19.2. The van der Waals surface area contributed by atoms with E-state index in [2.05, 4.69) is 38.3 Å². The van der Waals surface area contributed by atoms with Gasteiger partial charge in [0.1, 0.15) is 5.60 Å². The summed E-state index contributed by atoms with van der Waals surface area (Å²) in [6.07, 6.45) is 1.12. The number of hydrogen-bond donors (Lipinski definition) is 3. The van der Waals surface area contributed by atoms with Crippen molar-refractivity contribution in [2.75, 3.05) is 6.54 Å². The van der Waals surface area contributed by atoms with Crippen LogP contribution in [0.2, 0.25) is 0 Å². The molecule has 0 radical (unpaired) electrons. The number of carbonyl (C=O) groups excluding carboxylic acids is 1. The Kier molecular flexibility index (Phi) is 6.27. The van der Waals surface area contributed by atoms with Gasteiger partial charge in [-0.2, -0.15) is 0 Å². The van der Waals surface area contributed by atoms with Crippen LogP contribution in [-0.2, 0) is 4.74 Å². The normalized spacial score (nSPS) is 25.5. The van der Waals surface area contributed by atoms with Crippen LogP contribution >= 0.6 is 0 Å². The summed E-state index contributed by atoms with van der Waals surface area (Å²) < 4.78 is 5.28. The molecule has 0 saturated heterocycles. The zero-order chi connectivity index (χ0) is 17.1. The van der Waals surface area contributed by atoms with Crippen molar-refractivity contribution < 1.29 is 14.6 Å². The van der Waals surface area contributed by atoms with E-state index in [4.69, 9.17) is 4.74 Å². The lowest BCUT2D eigenvalue weighted by Crippen LogP contribution is -2.63. The summed E-state index contributed by atoms with van der Waals surface area (Å²) in [4.78, 5) is 11.8. The van der Waals surface area contributed by atoms with Gasteiger partial charge in [-0.25, -0.2) is 4.79 Å². The molecule has 1 aliphatic carbocycles. The lowest BCUT2D eigenvalue weighted by molar-refractivity contribution is -0.0764. The van der Waals surface area contributed by atoms with Gasteiger partial charge in [-0.3, -0.25) is 0 Å². The first-order valence-corrected chi connectivity index (χ1v) is 8.32. The highest BCUT2D eigenvalue weighted by Gasteiger charge is 2.47. The Morgan fingerprint density at radius 2 is 1.95 bits per heavy atom. The molecule has 3 atom stereocenters. The van der Waals surface area contributed by atoms with Crippen molar-refractivity contribution in [3.8, 4) is 0 Å². The molecule has 1 fully saturated rings. The summed E-state index contributed by atoms with van der Waals surface area (Å²) in [5.41, 5.74) is -0.591. The maximum atomic E-state index is 11.8. The fraction of sp³-hybridized carbons (Fsp3) is 0.941. The second-order valence-electron chi connectivity index (χ2n) is 8.50. The minimum atomic E-state index is -0.481. The van der Waals surface area contributed by atoms with Gasteiger partial charge in [-0.05, 0) is 39.5 Å². The minimum absolute atomic E-state index is 0.110. The van der Waals surface area contributed by atoms with Crippen LogP contribution in [-0.4, -0.2) is 41.5 Å². The molecule has 0 aromatic carbocycles. The molecule has 1 rings (SSSR count). The van der Waals surface area contributed by atoms with Crippen molar-refractivity contribution >= 4 is 6.09 Å². The first-order chi connectivity index (χ1) is 9.91. The van der Waals surface area contributed by atoms with Crippen LogP contribution in [0.15, 0.2) is 0 Å². The van der Waals surface area contributed by atoms with Gasteiger partial charge in [0.05, 0.1) is 6.10 Å². The molecule has 1 amide bonds. The molecule has 130 valence electrons. The van der Waals surface area contributed by atoms with Crippen LogP contribution in [0, 0.1) is 11.3 Å². The van der Waals surface area contributed by atoms with Crippen LogP contribution < -0.4 is 10.6 Å². The van der Waals surface area contributed by atoms with Gasteiger partial charge in [0.15, 0.2) is 0 Å². The van der Waals surface area contributed by atoms with Gasteiger partial charge in [0.25, 0.3) is 0 Å². The Balaban J connectivity index is 2.50. The van der Waals surface area contributed by atoms with E-state index >= 15 is 0 Å². The van der Waals surface area contributed by atoms with E-state index in [0.717, 1.165) is 12.8 Å². The molecule has 0 aromatic rings. The van der Waals surface area contributed by atoms with E-state index in [9.17, 15) is 9.90 Å². The molecule has 3 unspecified atom stereocenters. The lowest BCUT2D eigenvalue weighted by atomic mass is 9.64. The van der Waals surface area contributed by atoms with E-state index < -0.39 is 5.60 Å². The number of aliphatic hydroxyl groups excluding tert-OH is 1.